The third-order valence-corrected chi connectivity index (χ3v) is 3.40. The Balaban J connectivity index is 2.50. The predicted octanol–water partition coefficient (Wildman–Crippen LogP) is 2.24. The van der Waals surface area contributed by atoms with E-state index in [-0.39, 0.29) is 34.0 Å². The number of ether oxygens (including phenoxy) is 2. The van der Waals surface area contributed by atoms with Gasteiger partial charge in [0.05, 0.1) is 21.6 Å². The van der Waals surface area contributed by atoms with Gasteiger partial charge < -0.3 is 19.9 Å². The molecule has 0 aliphatic heterocycles. The fourth-order valence-corrected chi connectivity index (χ4v) is 1.88. The first-order valence-corrected chi connectivity index (χ1v) is 6.78. The summed E-state index contributed by atoms with van der Waals surface area (Å²) in [5.41, 5.74) is 0. The first-order chi connectivity index (χ1) is 9.85. The van der Waals surface area contributed by atoms with Gasteiger partial charge in [0.15, 0.2) is 12.7 Å². The number of carboxylic acid groups (broad SMARTS) is 1. The van der Waals surface area contributed by atoms with Crippen LogP contribution in [0.1, 0.15) is 0 Å². The van der Waals surface area contributed by atoms with Crippen LogP contribution in [0.15, 0.2) is 12.1 Å². The monoisotopic (exact) mass is 355 g/mol. The maximum absolute atomic E-state index is 11.5. The number of benzene rings is 1. The molecule has 0 aromatic heterocycles. The fraction of sp³-hybridized carbons (Fsp3) is 0.333. The molecule has 21 heavy (non-hydrogen) atoms. The number of nitrogens with one attached hydrogen (secondary N) is 1. The summed E-state index contributed by atoms with van der Waals surface area (Å²) in [6, 6.07) is 2.78. The smallest absolute Gasteiger partial charge is 0.334 e. The summed E-state index contributed by atoms with van der Waals surface area (Å²) in [4.78, 5) is 22.2. The predicted molar refractivity (Wildman–Crippen MR) is 78.4 cm³/mol. The van der Waals surface area contributed by atoms with Crippen molar-refractivity contribution in [2.45, 2.75) is 6.10 Å². The highest BCUT2D eigenvalue weighted by atomic mass is 35.5. The molecular formula is C12H12Cl3NO5. The Kier molecular flexibility index (Phi) is 7.04. The van der Waals surface area contributed by atoms with Crippen LogP contribution >= 0.6 is 34.8 Å². The van der Waals surface area contributed by atoms with Crippen LogP contribution in [0, 0.1) is 0 Å². The third-order valence-electron chi connectivity index (χ3n) is 2.38. The lowest BCUT2D eigenvalue weighted by atomic mass is 10.3. The Labute approximate surface area is 135 Å². The summed E-state index contributed by atoms with van der Waals surface area (Å²) in [6.45, 7) is -0.531. The zero-order valence-electron chi connectivity index (χ0n) is 10.9. The molecule has 1 unspecified atom stereocenters. The largest absolute Gasteiger partial charge is 0.482 e. The van der Waals surface area contributed by atoms with Crippen molar-refractivity contribution in [1.82, 2.24) is 5.32 Å². The Morgan fingerprint density at radius 1 is 1.24 bits per heavy atom. The van der Waals surface area contributed by atoms with E-state index < -0.39 is 18.0 Å². The number of rotatable bonds is 7. The number of methoxy groups -OCH3 is 1. The summed E-state index contributed by atoms with van der Waals surface area (Å²) < 4.78 is 9.85. The van der Waals surface area contributed by atoms with Crippen LogP contribution in [0.25, 0.3) is 0 Å². The second-order valence-electron chi connectivity index (χ2n) is 3.85. The van der Waals surface area contributed by atoms with Crippen LogP contribution in [0.4, 0.5) is 0 Å². The van der Waals surface area contributed by atoms with Gasteiger partial charge in [0.1, 0.15) is 5.75 Å². The normalized spacial score (nSPS) is 11.8. The van der Waals surface area contributed by atoms with E-state index in [9.17, 15) is 9.59 Å². The van der Waals surface area contributed by atoms with E-state index in [0.717, 1.165) is 0 Å². The van der Waals surface area contributed by atoms with Crippen molar-refractivity contribution < 1.29 is 24.2 Å². The molecule has 9 heteroatoms. The van der Waals surface area contributed by atoms with Gasteiger partial charge in [0, 0.05) is 13.2 Å². The summed E-state index contributed by atoms with van der Waals surface area (Å²) in [6.07, 6.45) is -1.12. The number of amides is 1. The highest BCUT2D eigenvalue weighted by Crippen LogP contribution is 2.33. The molecular weight excluding hydrogens is 344 g/mol. The van der Waals surface area contributed by atoms with Gasteiger partial charge >= 0.3 is 5.97 Å². The topological polar surface area (TPSA) is 84.9 Å². The van der Waals surface area contributed by atoms with Gasteiger partial charge in [-0.25, -0.2) is 4.79 Å². The summed E-state index contributed by atoms with van der Waals surface area (Å²) in [7, 11) is 1.23. The minimum atomic E-state index is -1.17. The molecule has 2 N–H and O–H groups in total. The number of hydrogen-bond acceptors (Lipinski definition) is 4. The molecule has 0 spiro atoms. The van der Waals surface area contributed by atoms with Crippen molar-refractivity contribution in [1.29, 1.82) is 0 Å². The molecule has 0 aliphatic carbocycles. The van der Waals surface area contributed by atoms with Crippen LogP contribution in [-0.4, -0.2) is 43.3 Å². The Hall–Kier alpha value is -1.21. The summed E-state index contributed by atoms with van der Waals surface area (Å²) in [5, 5.41) is 11.8. The molecule has 6 nitrogen and oxygen atoms in total. The molecule has 0 bridgehead atoms. The van der Waals surface area contributed by atoms with Gasteiger partial charge in [0.25, 0.3) is 5.91 Å². The van der Waals surface area contributed by atoms with Crippen molar-refractivity contribution in [3.05, 3.63) is 27.2 Å². The molecule has 1 atom stereocenters. The van der Waals surface area contributed by atoms with Crippen LogP contribution in [0.3, 0.4) is 0 Å². The molecule has 1 aromatic carbocycles. The van der Waals surface area contributed by atoms with Crippen LogP contribution in [0.5, 0.6) is 5.75 Å². The number of halogens is 3. The Morgan fingerprint density at radius 2 is 1.86 bits per heavy atom. The lowest BCUT2D eigenvalue weighted by Gasteiger charge is -2.12. The number of carbonyl (C=O) groups excluding carboxylic acids is 1. The lowest BCUT2D eigenvalue weighted by molar-refractivity contribution is -0.148. The summed E-state index contributed by atoms with van der Waals surface area (Å²) >= 11 is 17.4. The highest BCUT2D eigenvalue weighted by Gasteiger charge is 2.17. The average Bonchev–Trinajstić information content (AvgIpc) is 2.41. The van der Waals surface area contributed by atoms with Crippen molar-refractivity contribution >= 4 is 46.7 Å². The first kappa shape index (κ1) is 17.8. The first-order valence-electron chi connectivity index (χ1n) is 5.64. The van der Waals surface area contributed by atoms with Gasteiger partial charge in [-0.2, -0.15) is 0 Å². The zero-order chi connectivity index (χ0) is 16.0. The molecule has 0 saturated carbocycles. The minimum absolute atomic E-state index is 0.177. The number of aliphatic carboxylic acids is 1. The van der Waals surface area contributed by atoms with Crippen molar-refractivity contribution in [3.63, 3.8) is 0 Å². The molecule has 1 aromatic rings. The maximum atomic E-state index is 11.5. The molecule has 0 aliphatic rings. The molecule has 0 fully saturated rings. The Morgan fingerprint density at radius 3 is 2.43 bits per heavy atom. The second kappa shape index (κ2) is 8.29. The van der Waals surface area contributed by atoms with Gasteiger partial charge in [0.2, 0.25) is 0 Å². The summed E-state index contributed by atoms with van der Waals surface area (Å²) in [5.74, 6) is -1.51. The van der Waals surface area contributed by atoms with E-state index >= 15 is 0 Å². The quantitative estimate of drug-likeness (QED) is 0.732. The maximum Gasteiger partial charge on any atom is 0.334 e. The Bertz CT molecular complexity index is 538. The number of carboxylic acids is 1. The van der Waals surface area contributed by atoms with Crippen LogP contribution in [-0.2, 0) is 14.3 Å². The SMILES string of the molecule is COC(CNC(=O)COc1cc(Cl)c(Cl)cc1Cl)C(=O)O. The van der Waals surface area contributed by atoms with Gasteiger partial charge in [-0.15, -0.1) is 0 Å². The standard InChI is InChI=1S/C12H12Cl3NO5/c1-20-10(12(18)19)4-16-11(17)5-21-9-3-7(14)6(13)2-8(9)15/h2-3,10H,4-5H2,1H3,(H,16,17)(H,18,19). The number of hydrogen-bond donors (Lipinski definition) is 2. The van der Waals surface area contributed by atoms with E-state index in [1.54, 1.807) is 0 Å². The van der Waals surface area contributed by atoms with E-state index in [1.165, 1.54) is 19.2 Å². The van der Waals surface area contributed by atoms with Gasteiger partial charge in [-0.3, -0.25) is 4.79 Å². The van der Waals surface area contributed by atoms with E-state index in [0.29, 0.717) is 0 Å². The molecule has 1 amide bonds. The second-order valence-corrected chi connectivity index (χ2v) is 5.07. The average molecular weight is 357 g/mol. The lowest BCUT2D eigenvalue weighted by Crippen LogP contribution is -2.39. The molecule has 0 saturated heterocycles. The van der Waals surface area contributed by atoms with Gasteiger partial charge in [-0.1, -0.05) is 34.8 Å². The van der Waals surface area contributed by atoms with Crippen LogP contribution < -0.4 is 10.1 Å². The molecule has 1 rings (SSSR count). The van der Waals surface area contributed by atoms with E-state index in [2.05, 4.69) is 10.1 Å². The zero-order valence-corrected chi connectivity index (χ0v) is 13.1. The minimum Gasteiger partial charge on any atom is -0.482 e. The third kappa shape index (κ3) is 5.59. The molecule has 0 heterocycles. The van der Waals surface area contributed by atoms with Crippen molar-refractivity contribution in [3.8, 4) is 5.75 Å². The molecule has 116 valence electrons. The van der Waals surface area contributed by atoms with E-state index in [4.69, 9.17) is 44.6 Å². The number of carbonyl (C=O) groups is 2. The van der Waals surface area contributed by atoms with Crippen molar-refractivity contribution in [2.75, 3.05) is 20.3 Å². The fourth-order valence-electron chi connectivity index (χ4n) is 1.29. The van der Waals surface area contributed by atoms with Crippen LogP contribution in [0.2, 0.25) is 15.1 Å². The van der Waals surface area contributed by atoms with Crippen molar-refractivity contribution in [2.24, 2.45) is 0 Å². The van der Waals surface area contributed by atoms with E-state index in [1.807, 2.05) is 0 Å². The molecule has 0 radical (unpaired) electrons. The highest BCUT2D eigenvalue weighted by molar-refractivity contribution is 6.43. The van der Waals surface area contributed by atoms with Gasteiger partial charge in [-0.05, 0) is 6.07 Å².